The van der Waals surface area contributed by atoms with Crippen LogP contribution in [0.25, 0.3) is 0 Å². The summed E-state index contributed by atoms with van der Waals surface area (Å²) in [6.07, 6.45) is 5.13. The average Bonchev–Trinajstić information content (AvgIpc) is 3.05. The molecule has 0 atom stereocenters. The first-order valence-electron chi connectivity index (χ1n) is 6.65. The number of rotatable bonds is 6. The SMILES string of the molecule is Cn1cnc(CNS(=O)(=O)c2cc(CO)n(C3CC3)c2)n1. The summed E-state index contributed by atoms with van der Waals surface area (Å²) < 4.78 is 30.4. The van der Waals surface area contributed by atoms with E-state index in [4.69, 9.17) is 0 Å². The van der Waals surface area contributed by atoms with Crippen molar-refractivity contribution in [3.63, 3.8) is 0 Å². The van der Waals surface area contributed by atoms with Gasteiger partial charge in [-0.25, -0.2) is 18.1 Å². The molecule has 1 saturated carbocycles. The van der Waals surface area contributed by atoms with Gasteiger partial charge >= 0.3 is 0 Å². The molecule has 1 aliphatic rings. The first-order valence-corrected chi connectivity index (χ1v) is 8.13. The van der Waals surface area contributed by atoms with Crippen LogP contribution in [0.3, 0.4) is 0 Å². The van der Waals surface area contributed by atoms with E-state index in [-0.39, 0.29) is 18.0 Å². The molecule has 8 nitrogen and oxygen atoms in total. The fourth-order valence-corrected chi connectivity index (χ4v) is 3.20. The summed E-state index contributed by atoms with van der Waals surface area (Å²) in [7, 11) is -1.92. The Balaban J connectivity index is 1.77. The second kappa shape index (κ2) is 5.24. The van der Waals surface area contributed by atoms with Crippen LogP contribution >= 0.6 is 0 Å². The molecule has 2 N–H and O–H groups in total. The fraction of sp³-hybridized carbons (Fsp3) is 0.500. The fourth-order valence-electron chi connectivity index (χ4n) is 2.17. The zero-order valence-corrected chi connectivity index (χ0v) is 12.4. The normalized spacial score (nSPS) is 15.5. The smallest absolute Gasteiger partial charge is 0.242 e. The number of sulfonamides is 1. The zero-order valence-electron chi connectivity index (χ0n) is 11.6. The molecule has 0 unspecified atom stereocenters. The first kappa shape index (κ1) is 14.2. The van der Waals surface area contributed by atoms with Crippen LogP contribution in [0.4, 0.5) is 0 Å². The third-order valence-electron chi connectivity index (χ3n) is 3.39. The highest BCUT2D eigenvalue weighted by atomic mass is 32.2. The van der Waals surface area contributed by atoms with Gasteiger partial charge in [0.05, 0.1) is 18.0 Å². The Kier molecular flexibility index (Phi) is 3.56. The Labute approximate surface area is 122 Å². The lowest BCUT2D eigenvalue weighted by molar-refractivity contribution is 0.270. The van der Waals surface area contributed by atoms with Gasteiger partial charge in [-0.1, -0.05) is 0 Å². The number of hydrogen-bond donors (Lipinski definition) is 2. The van der Waals surface area contributed by atoms with Gasteiger partial charge in [0.2, 0.25) is 10.0 Å². The highest BCUT2D eigenvalue weighted by Gasteiger charge is 2.28. The van der Waals surface area contributed by atoms with Crippen molar-refractivity contribution in [3.8, 4) is 0 Å². The number of nitrogens with zero attached hydrogens (tertiary/aromatic N) is 4. The number of hydrogen-bond acceptors (Lipinski definition) is 5. The minimum absolute atomic E-state index is 0.0340. The molecule has 1 aliphatic carbocycles. The summed E-state index contributed by atoms with van der Waals surface area (Å²) in [4.78, 5) is 4.13. The van der Waals surface area contributed by atoms with Crippen molar-refractivity contribution in [3.05, 3.63) is 30.1 Å². The lowest BCUT2D eigenvalue weighted by Gasteiger charge is -2.03. The minimum Gasteiger partial charge on any atom is -0.390 e. The maximum absolute atomic E-state index is 12.3. The van der Waals surface area contributed by atoms with Gasteiger partial charge < -0.3 is 9.67 Å². The molecule has 0 saturated heterocycles. The molecule has 2 aromatic rings. The van der Waals surface area contributed by atoms with E-state index in [1.54, 1.807) is 13.2 Å². The van der Waals surface area contributed by atoms with Crippen LogP contribution in [0.2, 0.25) is 0 Å². The van der Waals surface area contributed by atoms with Gasteiger partial charge in [0.15, 0.2) is 5.82 Å². The Morgan fingerprint density at radius 1 is 1.48 bits per heavy atom. The monoisotopic (exact) mass is 311 g/mol. The highest BCUT2D eigenvalue weighted by Crippen LogP contribution is 2.37. The maximum atomic E-state index is 12.3. The van der Waals surface area contributed by atoms with Crippen LogP contribution in [0.15, 0.2) is 23.5 Å². The molecule has 0 aliphatic heterocycles. The van der Waals surface area contributed by atoms with Crippen LogP contribution in [-0.4, -0.2) is 32.9 Å². The predicted molar refractivity (Wildman–Crippen MR) is 73.7 cm³/mol. The molecular formula is C12H17N5O3S. The van der Waals surface area contributed by atoms with Gasteiger partial charge in [-0.05, 0) is 18.9 Å². The summed E-state index contributed by atoms with van der Waals surface area (Å²) in [6, 6.07) is 1.82. The Morgan fingerprint density at radius 2 is 2.24 bits per heavy atom. The second-order valence-corrected chi connectivity index (χ2v) is 6.89. The Bertz CT molecular complexity index is 745. The van der Waals surface area contributed by atoms with Crippen molar-refractivity contribution in [2.75, 3.05) is 0 Å². The van der Waals surface area contributed by atoms with Crippen LogP contribution in [0.1, 0.15) is 30.4 Å². The van der Waals surface area contributed by atoms with Crippen LogP contribution in [0.5, 0.6) is 0 Å². The number of aliphatic hydroxyl groups excluding tert-OH is 1. The van der Waals surface area contributed by atoms with E-state index in [9.17, 15) is 13.5 Å². The lowest BCUT2D eigenvalue weighted by atomic mass is 10.4. The molecule has 0 aromatic carbocycles. The van der Waals surface area contributed by atoms with Crippen LogP contribution in [0, 0.1) is 0 Å². The van der Waals surface area contributed by atoms with E-state index < -0.39 is 10.0 Å². The van der Waals surface area contributed by atoms with Gasteiger partial charge in [0, 0.05) is 25.0 Å². The molecule has 21 heavy (non-hydrogen) atoms. The predicted octanol–water partition coefficient (Wildman–Crippen LogP) is -0.0777. The lowest BCUT2D eigenvalue weighted by Crippen LogP contribution is -2.23. The average molecular weight is 311 g/mol. The Morgan fingerprint density at radius 3 is 2.81 bits per heavy atom. The van der Waals surface area contributed by atoms with E-state index in [0.29, 0.717) is 17.6 Å². The largest absolute Gasteiger partial charge is 0.390 e. The van der Waals surface area contributed by atoms with Gasteiger partial charge in [-0.2, -0.15) is 5.10 Å². The van der Waals surface area contributed by atoms with Crippen molar-refractivity contribution in [2.45, 2.75) is 36.9 Å². The molecule has 9 heteroatoms. The molecule has 3 rings (SSSR count). The van der Waals surface area contributed by atoms with Gasteiger partial charge in [-0.3, -0.25) is 4.68 Å². The molecule has 0 bridgehead atoms. The molecule has 0 amide bonds. The number of nitrogens with one attached hydrogen (secondary N) is 1. The highest BCUT2D eigenvalue weighted by molar-refractivity contribution is 7.89. The number of aliphatic hydroxyl groups is 1. The first-order chi connectivity index (χ1) is 9.99. The Hall–Kier alpha value is -1.71. The van der Waals surface area contributed by atoms with Gasteiger partial charge in [0.1, 0.15) is 6.33 Å². The maximum Gasteiger partial charge on any atom is 0.242 e. The van der Waals surface area contributed by atoms with Gasteiger partial charge in [-0.15, -0.1) is 0 Å². The molecular weight excluding hydrogens is 294 g/mol. The summed E-state index contributed by atoms with van der Waals surface area (Å²) in [5.41, 5.74) is 0.619. The molecule has 2 heterocycles. The molecule has 114 valence electrons. The van der Waals surface area contributed by atoms with Crippen molar-refractivity contribution < 1.29 is 13.5 Å². The topological polar surface area (TPSA) is 102 Å². The summed E-state index contributed by atoms with van der Waals surface area (Å²) in [5, 5.41) is 13.3. The quantitative estimate of drug-likeness (QED) is 0.777. The third kappa shape index (κ3) is 2.99. The summed E-state index contributed by atoms with van der Waals surface area (Å²) in [5.74, 6) is 0.407. The van der Waals surface area contributed by atoms with E-state index in [1.165, 1.54) is 17.1 Å². The van der Waals surface area contributed by atoms with E-state index in [0.717, 1.165) is 12.8 Å². The van der Waals surface area contributed by atoms with E-state index >= 15 is 0 Å². The third-order valence-corrected chi connectivity index (χ3v) is 4.75. The van der Waals surface area contributed by atoms with Crippen molar-refractivity contribution in [2.24, 2.45) is 7.05 Å². The molecule has 2 aromatic heterocycles. The second-order valence-electron chi connectivity index (χ2n) is 5.12. The van der Waals surface area contributed by atoms with E-state index in [2.05, 4.69) is 14.8 Å². The number of aromatic nitrogens is 4. The van der Waals surface area contributed by atoms with Crippen LogP contribution in [-0.2, 0) is 30.2 Å². The summed E-state index contributed by atoms with van der Waals surface area (Å²) in [6.45, 7) is -0.139. The molecule has 0 spiro atoms. The van der Waals surface area contributed by atoms with Crippen molar-refractivity contribution >= 4 is 10.0 Å². The number of aryl methyl sites for hydroxylation is 1. The molecule has 0 radical (unpaired) electrons. The van der Waals surface area contributed by atoms with Crippen molar-refractivity contribution in [1.29, 1.82) is 0 Å². The van der Waals surface area contributed by atoms with Gasteiger partial charge in [0.25, 0.3) is 0 Å². The van der Waals surface area contributed by atoms with Crippen LogP contribution < -0.4 is 4.72 Å². The zero-order chi connectivity index (χ0) is 15.0. The standard InChI is InChI=1S/C12H17N5O3S/c1-16-8-13-12(15-16)5-14-21(19,20)11-4-10(7-18)17(6-11)9-2-3-9/h4,6,8-9,14,18H,2-3,5,7H2,1H3. The van der Waals surface area contributed by atoms with E-state index in [1.807, 2.05) is 4.57 Å². The molecule has 1 fully saturated rings. The minimum atomic E-state index is -3.64. The van der Waals surface area contributed by atoms with Crippen molar-refractivity contribution in [1.82, 2.24) is 24.1 Å². The summed E-state index contributed by atoms with van der Waals surface area (Å²) >= 11 is 0.